The van der Waals surface area contributed by atoms with E-state index in [0.29, 0.717) is 11.0 Å². The molecule has 0 saturated carbocycles. The van der Waals surface area contributed by atoms with Crippen LogP contribution in [0.2, 0.25) is 0 Å². The number of anilines is 1. The maximum absolute atomic E-state index is 12.4. The van der Waals surface area contributed by atoms with Crippen LogP contribution in [0, 0.1) is 6.92 Å². The zero-order valence-electron chi connectivity index (χ0n) is 10.8. The summed E-state index contributed by atoms with van der Waals surface area (Å²) >= 11 is 4.46. The van der Waals surface area contributed by atoms with Gasteiger partial charge in [-0.3, -0.25) is 4.72 Å². The highest BCUT2D eigenvalue weighted by Gasteiger charge is 2.21. The Labute approximate surface area is 129 Å². The van der Waals surface area contributed by atoms with Gasteiger partial charge in [-0.25, -0.2) is 8.42 Å². The van der Waals surface area contributed by atoms with Crippen molar-refractivity contribution in [2.24, 2.45) is 0 Å². The van der Waals surface area contributed by atoms with E-state index in [4.69, 9.17) is 0 Å². The number of halogens is 1. The number of rotatable bonds is 5. The number of nitrogens with one attached hydrogen (secondary N) is 2. The van der Waals surface area contributed by atoms with Gasteiger partial charge in [-0.15, -0.1) is 10.2 Å². The fourth-order valence-electron chi connectivity index (χ4n) is 1.70. The quantitative estimate of drug-likeness (QED) is 0.834. The Bertz CT molecular complexity index is 701. The lowest BCUT2D eigenvalue weighted by molar-refractivity contribution is 0.600. The molecule has 0 aliphatic carbocycles. The van der Waals surface area contributed by atoms with E-state index >= 15 is 0 Å². The number of aryl methyl sites for hydroxylation is 1. The van der Waals surface area contributed by atoms with Gasteiger partial charge < -0.3 is 5.32 Å². The number of hydrogen-bond donors (Lipinski definition) is 2. The first-order valence-corrected chi connectivity index (χ1v) is 8.82. The fraction of sp³-hybridized carbons (Fsp3) is 0.273. The molecule has 1 heterocycles. The summed E-state index contributed by atoms with van der Waals surface area (Å²) in [4.78, 5) is 0.193. The molecule has 0 unspecified atom stereocenters. The first kappa shape index (κ1) is 15.4. The average Bonchev–Trinajstić information content (AvgIpc) is 2.85. The number of benzene rings is 1. The molecule has 0 fully saturated rings. The van der Waals surface area contributed by atoms with Crippen LogP contribution in [0.1, 0.15) is 11.1 Å². The van der Waals surface area contributed by atoms with Gasteiger partial charge in [0, 0.05) is 11.0 Å². The summed E-state index contributed by atoms with van der Waals surface area (Å²) in [5.74, 6) is 0. The normalized spacial score (nSPS) is 11.6. The summed E-state index contributed by atoms with van der Waals surface area (Å²) in [5, 5.41) is 10.5. The largest absolute Gasteiger partial charge is 0.316 e. The van der Waals surface area contributed by atoms with Crippen LogP contribution in [0.4, 0.5) is 5.13 Å². The van der Waals surface area contributed by atoms with E-state index < -0.39 is 10.0 Å². The molecular weight excluding hydrogens is 364 g/mol. The molecule has 2 aromatic rings. The molecule has 2 N–H and O–H groups in total. The van der Waals surface area contributed by atoms with Crippen molar-refractivity contribution in [1.82, 2.24) is 15.5 Å². The molecule has 2 rings (SSSR count). The molecule has 0 radical (unpaired) electrons. The van der Waals surface area contributed by atoms with E-state index in [0.717, 1.165) is 22.5 Å². The molecule has 0 atom stereocenters. The lowest BCUT2D eigenvalue weighted by atomic mass is 10.1. The van der Waals surface area contributed by atoms with Crippen LogP contribution < -0.4 is 10.0 Å². The lowest BCUT2D eigenvalue weighted by Crippen LogP contribution is -2.15. The maximum atomic E-state index is 12.4. The molecule has 0 saturated heterocycles. The van der Waals surface area contributed by atoms with Crippen molar-refractivity contribution >= 4 is 42.4 Å². The number of hydrogen-bond acceptors (Lipinski definition) is 6. The Morgan fingerprint density at radius 1 is 1.40 bits per heavy atom. The molecule has 0 aliphatic heterocycles. The van der Waals surface area contributed by atoms with Crippen LogP contribution in [0.5, 0.6) is 0 Å². The van der Waals surface area contributed by atoms with Crippen molar-refractivity contribution in [2.75, 3.05) is 11.8 Å². The maximum Gasteiger partial charge on any atom is 0.264 e. The van der Waals surface area contributed by atoms with Crippen LogP contribution in [0.3, 0.4) is 0 Å². The third kappa shape index (κ3) is 3.35. The molecule has 0 bridgehead atoms. The van der Waals surface area contributed by atoms with Crippen LogP contribution in [-0.4, -0.2) is 25.7 Å². The van der Waals surface area contributed by atoms with Crippen LogP contribution in [-0.2, 0) is 16.6 Å². The predicted molar refractivity (Wildman–Crippen MR) is 82.4 cm³/mol. The summed E-state index contributed by atoms with van der Waals surface area (Å²) in [7, 11) is -1.88. The van der Waals surface area contributed by atoms with Crippen molar-refractivity contribution in [3.63, 3.8) is 0 Å². The second-order valence-electron chi connectivity index (χ2n) is 4.10. The van der Waals surface area contributed by atoms with Crippen molar-refractivity contribution < 1.29 is 8.42 Å². The Kier molecular flexibility index (Phi) is 4.74. The van der Waals surface area contributed by atoms with Crippen molar-refractivity contribution in [2.45, 2.75) is 18.4 Å². The highest BCUT2D eigenvalue weighted by molar-refractivity contribution is 9.10. The van der Waals surface area contributed by atoms with E-state index in [1.165, 1.54) is 5.51 Å². The molecule has 1 aromatic heterocycles. The van der Waals surface area contributed by atoms with Gasteiger partial charge in [0.1, 0.15) is 10.4 Å². The Hall–Kier alpha value is -1.03. The van der Waals surface area contributed by atoms with Gasteiger partial charge in [0.25, 0.3) is 10.0 Å². The molecule has 0 aliphatic rings. The number of sulfonamides is 1. The first-order chi connectivity index (χ1) is 9.44. The Balaban J connectivity index is 2.44. The number of aromatic nitrogens is 2. The van der Waals surface area contributed by atoms with E-state index in [-0.39, 0.29) is 10.0 Å². The molecule has 108 valence electrons. The zero-order chi connectivity index (χ0) is 14.8. The standard InChI is InChI=1S/C11H13BrN4O2S2/c1-7-3-8(5-13-2)4-9(10(7)12)20(17,18)16-11-15-14-6-19-11/h3-4,6,13H,5H2,1-2H3,(H,15,16). The summed E-state index contributed by atoms with van der Waals surface area (Å²) < 4.78 is 27.8. The van der Waals surface area contributed by atoms with Crippen molar-refractivity contribution in [3.05, 3.63) is 33.2 Å². The second-order valence-corrected chi connectivity index (χ2v) is 7.38. The predicted octanol–water partition coefficient (Wildman–Crippen LogP) is 2.13. The van der Waals surface area contributed by atoms with Gasteiger partial charge >= 0.3 is 0 Å². The zero-order valence-corrected chi connectivity index (χ0v) is 14.1. The van der Waals surface area contributed by atoms with Gasteiger partial charge in [-0.1, -0.05) is 17.4 Å². The number of nitrogens with zero attached hydrogens (tertiary/aromatic N) is 2. The van der Waals surface area contributed by atoms with Gasteiger partial charge in [-0.2, -0.15) is 0 Å². The smallest absolute Gasteiger partial charge is 0.264 e. The van der Waals surface area contributed by atoms with Gasteiger partial charge in [0.05, 0.1) is 0 Å². The topological polar surface area (TPSA) is 84.0 Å². The van der Waals surface area contributed by atoms with Crippen LogP contribution in [0.15, 0.2) is 27.0 Å². The Morgan fingerprint density at radius 3 is 2.75 bits per heavy atom. The van der Waals surface area contributed by atoms with Gasteiger partial charge in [0.15, 0.2) is 0 Å². The third-order valence-corrected chi connectivity index (χ3v) is 5.95. The third-order valence-electron chi connectivity index (χ3n) is 2.53. The lowest BCUT2D eigenvalue weighted by Gasteiger charge is -2.11. The molecule has 20 heavy (non-hydrogen) atoms. The van der Waals surface area contributed by atoms with Crippen LogP contribution >= 0.6 is 27.3 Å². The highest BCUT2D eigenvalue weighted by atomic mass is 79.9. The first-order valence-electron chi connectivity index (χ1n) is 5.66. The minimum absolute atomic E-state index is 0.193. The summed E-state index contributed by atoms with van der Waals surface area (Å²) in [6.45, 7) is 2.45. The van der Waals surface area contributed by atoms with Crippen molar-refractivity contribution in [3.8, 4) is 0 Å². The minimum Gasteiger partial charge on any atom is -0.316 e. The van der Waals surface area contributed by atoms with Gasteiger partial charge in [0.2, 0.25) is 5.13 Å². The molecule has 1 aromatic carbocycles. The second kappa shape index (κ2) is 6.17. The molecule has 6 nitrogen and oxygen atoms in total. The molecule has 0 spiro atoms. The Morgan fingerprint density at radius 2 is 2.15 bits per heavy atom. The molecule has 0 amide bonds. The van der Waals surface area contributed by atoms with Crippen molar-refractivity contribution in [1.29, 1.82) is 0 Å². The van der Waals surface area contributed by atoms with E-state index in [1.807, 2.05) is 20.0 Å². The van der Waals surface area contributed by atoms with E-state index in [1.54, 1.807) is 6.07 Å². The van der Waals surface area contributed by atoms with E-state index in [2.05, 4.69) is 36.2 Å². The van der Waals surface area contributed by atoms with E-state index in [9.17, 15) is 8.42 Å². The molecule has 9 heteroatoms. The summed E-state index contributed by atoms with van der Waals surface area (Å²) in [5.41, 5.74) is 3.22. The highest BCUT2D eigenvalue weighted by Crippen LogP contribution is 2.29. The monoisotopic (exact) mass is 376 g/mol. The molecular formula is C11H13BrN4O2S2. The minimum atomic E-state index is -3.69. The summed E-state index contributed by atoms with van der Waals surface area (Å²) in [6.07, 6.45) is 0. The fourth-order valence-corrected chi connectivity index (χ4v) is 4.46. The summed E-state index contributed by atoms with van der Waals surface area (Å²) in [6, 6.07) is 3.57. The van der Waals surface area contributed by atoms with Crippen LogP contribution in [0.25, 0.3) is 0 Å². The van der Waals surface area contributed by atoms with Gasteiger partial charge in [-0.05, 0) is 47.1 Å². The average molecular weight is 377 g/mol. The SMILES string of the molecule is CNCc1cc(C)c(Br)c(S(=O)(=O)Nc2nncs2)c1.